The topological polar surface area (TPSA) is 60.9 Å². The molecule has 0 aliphatic carbocycles. The van der Waals surface area contributed by atoms with E-state index in [1.807, 2.05) is 7.05 Å². The van der Waals surface area contributed by atoms with E-state index in [0.29, 0.717) is 24.5 Å². The Labute approximate surface area is 142 Å². The Hall–Kier alpha value is -0.660. The molecule has 2 atom stereocenters. The Balaban J connectivity index is 1.86. The summed E-state index contributed by atoms with van der Waals surface area (Å²) in [6.07, 6.45) is 2.72. The lowest BCUT2D eigenvalue weighted by Gasteiger charge is -2.53. The van der Waals surface area contributed by atoms with Crippen LogP contribution in [0.5, 0.6) is 0 Å². The fourth-order valence-corrected chi connectivity index (χ4v) is 5.54. The predicted molar refractivity (Wildman–Crippen MR) is 90.0 cm³/mol. The molecule has 0 saturated carbocycles. The van der Waals surface area contributed by atoms with Crippen LogP contribution in [-0.2, 0) is 10.0 Å². The van der Waals surface area contributed by atoms with Gasteiger partial charge in [0.2, 0.25) is 10.0 Å². The number of hydrogen-bond donors (Lipinski definition) is 1. The quantitative estimate of drug-likeness (QED) is 0.895. The van der Waals surface area contributed by atoms with Crippen molar-refractivity contribution in [3.63, 3.8) is 0 Å². The highest BCUT2D eigenvalue weighted by molar-refractivity contribution is 7.89. The molecular weight excluding hydrogens is 336 g/mol. The van der Waals surface area contributed by atoms with Gasteiger partial charge in [-0.15, -0.1) is 0 Å². The van der Waals surface area contributed by atoms with E-state index in [9.17, 15) is 13.5 Å². The SMILES string of the molecule is CN1CCC[C@]2(CO)CCN(S(=O)(=O)c3ccc(Cl)cc3)C[C@@H]12. The summed E-state index contributed by atoms with van der Waals surface area (Å²) < 4.78 is 27.3. The number of nitrogens with zero attached hydrogens (tertiary/aromatic N) is 2. The Morgan fingerprint density at radius 2 is 1.96 bits per heavy atom. The van der Waals surface area contributed by atoms with Gasteiger partial charge in [-0.2, -0.15) is 4.31 Å². The van der Waals surface area contributed by atoms with E-state index >= 15 is 0 Å². The number of sulfonamides is 1. The van der Waals surface area contributed by atoms with E-state index in [2.05, 4.69) is 4.90 Å². The van der Waals surface area contributed by atoms with Gasteiger partial charge in [0.15, 0.2) is 0 Å². The Kier molecular flexibility index (Phi) is 4.73. The van der Waals surface area contributed by atoms with Crippen LogP contribution in [-0.4, -0.2) is 62.1 Å². The number of benzene rings is 1. The molecule has 3 rings (SSSR count). The molecule has 0 bridgehead atoms. The normalized spacial score (nSPS) is 30.1. The third kappa shape index (κ3) is 3.03. The molecule has 2 heterocycles. The number of likely N-dealkylation sites (N-methyl/N-ethyl adjacent to an activating group) is 1. The Bertz CT molecular complexity index is 664. The van der Waals surface area contributed by atoms with Crippen molar-refractivity contribution in [1.29, 1.82) is 0 Å². The van der Waals surface area contributed by atoms with E-state index in [-0.39, 0.29) is 23.0 Å². The minimum Gasteiger partial charge on any atom is -0.396 e. The first-order valence-electron chi connectivity index (χ1n) is 7.96. The highest BCUT2D eigenvalue weighted by atomic mass is 35.5. The fourth-order valence-electron chi connectivity index (χ4n) is 3.96. The van der Waals surface area contributed by atoms with Gasteiger partial charge in [-0.1, -0.05) is 11.6 Å². The van der Waals surface area contributed by atoms with Crippen molar-refractivity contribution in [3.8, 4) is 0 Å². The smallest absolute Gasteiger partial charge is 0.243 e. The van der Waals surface area contributed by atoms with Crippen LogP contribution >= 0.6 is 11.6 Å². The second-order valence-corrected chi connectivity index (χ2v) is 9.06. The van der Waals surface area contributed by atoms with Gasteiger partial charge in [-0.25, -0.2) is 8.42 Å². The zero-order chi connectivity index (χ0) is 16.7. The van der Waals surface area contributed by atoms with Crippen LogP contribution in [0.4, 0.5) is 0 Å². The average molecular weight is 359 g/mol. The molecule has 2 aliphatic heterocycles. The first-order chi connectivity index (χ1) is 10.9. The average Bonchev–Trinajstić information content (AvgIpc) is 2.55. The summed E-state index contributed by atoms with van der Waals surface area (Å²) >= 11 is 5.85. The van der Waals surface area contributed by atoms with Crippen LogP contribution in [0.25, 0.3) is 0 Å². The van der Waals surface area contributed by atoms with Crippen LogP contribution in [0.2, 0.25) is 5.02 Å². The van der Waals surface area contributed by atoms with Gasteiger partial charge >= 0.3 is 0 Å². The standard InChI is InChI=1S/C16H23ClN2O3S/c1-18-9-2-7-16(12-20)8-10-19(11-15(16)18)23(21,22)14-5-3-13(17)4-6-14/h3-6,15,20H,2,7-12H2,1H3/t15-,16-/m1/s1. The second kappa shape index (κ2) is 6.33. The van der Waals surface area contributed by atoms with Gasteiger partial charge in [0.1, 0.15) is 0 Å². The van der Waals surface area contributed by atoms with Crippen molar-refractivity contribution in [1.82, 2.24) is 9.21 Å². The lowest BCUT2D eigenvalue weighted by molar-refractivity contribution is -0.0508. The molecule has 23 heavy (non-hydrogen) atoms. The predicted octanol–water partition coefficient (Wildman–Crippen LogP) is 1.81. The maximum absolute atomic E-state index is 12.9. The number of halogens is 1. The Morgan fingerprint density at radius 3 is 2.61 bits per heavy atom. The van der Waals surface area contributed by atoms with Crippen molar-refractivity contribution in [2.75, 3.05) is 33.3 Å². The molecule has 1 aromatic carbocycles. The molecule has 7 heteroatoms. The molecule has 1 N–H and O–H groups in total. The lowest BCUT2D eigenvalue weighted by atomic mass is 9.69. The van der Waals surface area contributed by atoms with Gasteiger partial charge in [0.05, 0.1) is 11.5 Å². The van der Waals surface area contributed by atoms with E-state index in [1.165, 1.54) is 0 Å². The minimum atomic E-state index is -3.52. The molecule has 128 valence electrons. The molecule has 0 spiro atoms. The van der Waals surface area contributed by atoms with Crippen LogP contribution in [0.15, 0.2) is 29.2 Å². The largest absolute Gasteiger partial charge is 0.396 e. The highest BCUT2D eigenvalue weighted by Gasteiger charge is 2.48. The van der Waals surface area contributed by atoms with Gasteiger partial charge in [0.25, 0.3) is 0 Å². The molecule has 1 aromatic rings. The number of piperidine rings is 2. The van der Waals surface area contributed by atoms with Gasteiger partial charge in [-0.3, -0.25) is 0 Å². The number of rotatable bonds is 3. The van der Waals surface area contributed by atoms with Crippen molar-refractivity contribution in [2.24, 2.45) is 5.41 Å². The van der Waals surface area contributed by atoms with Crippen LogP contribution in [0.1, 0.15) is 19.3 Å². The third-order valence-electron chi connectivity index (χ3n) is 5.43. The maximum atomic E-state index is 12.9. The molecule has 0 aromatic heterocycles. The van der Waals surface area contributed by atoms with Crippen LogP contribution in [0.3, 0.4) is 0 Å². The molecule has 2 fully saturated rings. The molecule has 2 saturated heterocycles. The zero-order valence-corrected chi connectivity index (χ0v) is 14.9. The molecular formula is C16H23ClN2O3S. The summed E-state index contributed by atoms with van der Waals surface area (Å²) in [5, 5.41) is 10.4. The molecule has 0 radical (unpaired) electrons. The van der Waals surface area contributed by atoms with E-state index in [4.69, 9.17) is 11.6 Å². The zero-order valence-electron chi connectivity index (χ0n) is 13.3. The number of likely N-dealkylation sites (tertiary alicyclic amines) is 1. The molecule has 2 aliphatic rings. The first kappa shape index (κ1) is 17.2. The monoisotopic (exact) mass is 358 g/mol. The summed E-state index contributed by atoms with van der Waals surface area (Å²) in [5.74, 6) is 0. The minimum absolute atomic E-state index is 0.0667. The Morgan fingerprint density at radius 1 is 1.26 bits per heavy atom. The number of hydrogen-bond acceptors (Lipinski definition) is 4. The van der Waals surface area contributed by atoms with Crippen LogP contribution in [0, 0.1) is 5.41 Å². The van der Waals surface area contributed by atoms with Crippen molar-refractivity contribution >= 4 is 21.6 Å². The number of aliphatic hydroxyl groups excluding tert-OH is 1. The summed E-state index contributed by atoms with van der Waals surface area (Å²) in [6.45, 7) is 1.95. The van der Waals surface area contributed by atoms with Gasteiger partial charge in [-0.05, 0) is 57.1 Å². The first-order valence-corrected chi connectivity index (χ1v) is 9.78. The lowest BCUT2D eigenvalue weighted by Crippen LogP contribution is -2.62. The second-order valence-electron chi connectivity index (χ2n) is 6.69. The van der Waals surface area contributed by atoms with Crippen LogP contribution < -0.4 is 0 Å². The van der Waals surface area contributed by atoms with Crippen molar-refractivity contribution in [2.45, 2.75) is 30.2 Å². The van der Waals surface area contributed by atoms with Crippen molar-refractivity contribution < 1.29 is 13.5 Å². The van der Waals surface area contributed by atoms with Gasteiger partial charge in [0, 0.05) is 29.6 Å². The molecule has 0 amide bonds. The summed E-state index contributed by atoms with van der Waals surface area (Å²) in [4.78, 5) is 2.47. The third-order valence-corrected chi connectivity index (χ3v) is 7.56. The molecule has 0 unspecified atom stereocenters. The maximum Gasteiger partial charge on any atom is 0.243 e. The highest BCUT2D eigenvalue weighted by Crippen LogP contribution is 2.42. The fraction of sp³-hybridized carbons (Fsp3) is 0.625. The van der Waals surface area contributed by atoms with Gasteiger partial charge < -0.3 is 10.0 Å². The van der Waals surface area contributed by atoms with Crippen molar-refractivity contribution in [3.05, 3.63) is 29.3 Å². The summed E-state index contributed by atoms with van der Waals surface area (Å²) in [6, 6.07) is 6.37. The number of aliphatic hydroxyl groups is 1. The van der Waals surface area contributed by atoms with E-state index in [0.717, 1.165) is 19.4 Å². The summed E-state index contributed by atoms with van der Waals surface area (Å²) in [7, 11) is -1.50. The number of fused-ring (bicyclic) bond motifs is 1. The van der Waals surface area contributed by atoms with E-state index < -0.39 is 10.0 Å². The van der Waals surface area contributed by atoms with E-state index in [1.54, 1.807) is 28.6 Å². The molecule has 5 nitrogen and oxygen atoms in total. The summed E-state index contributed by atoms with van der Waals surface area (Å²) in [5.41, 5.74) is -0.168.